The summed E-state index contributed by atoms with van der Waals surface area (Å²) in [6.07, 6.45) is 2.00. The summed E-state index contributed by atoms with van der Waals surface area (Å²) in [5.41, 5.74) is 4.12. The molecule has 5 heteroatoms. The lowest BCUT2D eigenvalue weighted by molar-refractivity contribution is -0.115. The van der Waals surface area contributed by atoms with Gasteiger partial charge in [-0.25, -0.2) is 4.98 Å². The number of aryl methyl sites for hydroxylation is 1. The number of nitrogens with one attached hydrogen (secondary N) is 1. The number of nitrogens with zero attached hydrogens (tertiary/aromatic N) is 1. The molecule has 138 valence electrons. The Labute approximate surface area is 164 Å². The lowest BCUT2D eigenvalue weighted by Crippen LogP contribution is -2.16. The van der Waals surface area contributed by atoms with Crippen LogP contribution in [0.5, 0.6) is 0 Å². The largest absolute Gasteiger partial charge is 0.372 e. The molecule has 1 heterocycles. The van der Waals surface area contributed by atoms with Gasteiger partial charge in [-0.2, -0.15) is 0 Å². The molecule has 3 aromatic rings. The van der Waals surface area contributed by atoms with Gasteiger partial charge < -0.3 is 10.1 Å². The Morgan fingerprint density at radius 3 is 2.56 bits per heavy atom. The number of hydrogen-bond donors (Lipinski definition) is 1. The predicted octanol–water partition coefficient (Wildman–Crippen LogP) is 4.94. The number of aromatic nitrogens is 1. The maximum absolute atomic E-state index is 12.3. The third kappa shape index (κ3) is 5.91. The molecule has 0 spiro atoms. The van der Waals surface area contributed by atoms with Crippen LogP contribution in [0, 0.1) is 6.92 Å². The topological polar surface area (TPSA) is 51.2 Å². The van der Waals surface area contributed by atoms with E-state index in [0.29, 0.717) is 30.5 Å². The average molecular weight is 381 g/mol. The van der Waals surface area contributed by atoms with Crippen LogP contribution in [0.2, 0.25) is 5.02 Å². The molecule has 0 saturated carbocycles. The first-order valence-corrected chi connectivity index (χ1v) is 9.09. The van der Waals surface area contributed by atoms with Gasteiger partial charge in [0.1, 0.15) is 5.82 Å². The van der Waals surface area contributed by atoms with Crippen molar-refractivity contribution in [2.75, 3.05) is 5.32 Å². The second-order valence-electron chi connectivity index (χ2n) is 6.32. The smallest absolute Gasteiger partial charge is 0.229 e. The lowest BCUT2D eigenvalue weighted by Gasteiger charge is -2.09. The summed E-state index contributed by atoms with van der Waals surface area (Å²) in [5.74, 6) is 0.442. The third-order valence-electron chi connectivity index (χ3n) is 4.15. The molecule has 27 heavy (non-hydrogen) atoms. The van der Waals surface area contributed by atoms with Gasteiger partial charge in [0.25, 0.3) is 0 Å². The maximum atomic E-state index is 12.3. The number of hydrogen-bond acceptors (Lipinski definition) is 3. The Morgan fingerprint density at radius 2 is 1.78 bits per heavy atom. The molecule has 0 fully saturated rings. The van der Waals surface area contributed by atoms with Crippen LogP contribution < -0.4 is 5.32 Å². The van der Waals surface area contributed by atoms with E-state index in [4.69, 9.17) is 16.3 Å². The highest BCUT2D eigenvalue weighted by atomic mass is 35.5. The number of halogens is 1. The minimum absolute atomic E-state index is 0.0870. The highest BCUT2D eigenvalue weighted by molar-refractivity contribution is 6.30. The highest BCUT2D eigenvalue weighted by Gasteiger charge is 2.07. The fraction of sp³-hybridized carbons (Fsp3) is 0.182. The van der Waals surface area contributed by atoms with E-state index in [-0.39, 0.29) is 5.91 Å². The van der Waals surface area contributed by atoms with Crippen LogP contribution >= 0.6 is 11.6 Å². The van der Waals surface area contributed by atoms with Crippen LogP contribution in [0.3, 0.4) is 0 Å². The molecule has 0 radical (unpaired) electrons. The van der Waals surface area contributed by atoms with Crippen LogP contribution in [0.1, 0.15) is 22.3 Å². The first-order valence-electron chi connectivity index (χ1n) is 8.71. The summed E-state index contributed by atoms with van der Waals surface area (Å²) in [6.45, 7) is 2.93. The van der Waals surface area contributed by atoms with Crippen LogP contribution in [-0.4, -0.2) is 10.9 Å². The van der Waals surface area contributed by atoms with Crippen molar-refractivity contribution in [3.8, 4) is 0 Å². The number of ether oxygens (including phenoxy) is 1. The van der Waals surface area contributed by atoms with E-state index in [0.717, 1.165) is 22.3 Å². The molecule has 1 aromatic heterocycles. The van der Waals surface area contributed by atoms with Crippen molar-refractivity contribution in [1.29, 1.82) is 0 Å². The fourth-order valence-corrected chi connectivity index (χ4v) is 2.79. The van der Waals surface area contributed by atoms with Gasteiger partial charge in [-0.05, 0) is 53.4 Å². The van der Waals surface area contributed by atoms with E-state index in [9.17, 15) is 4.79 Å². The first kappa shape index (κ1) is 19.1. The summed E-state index contributed by atoms with van der Waals surface area (Å²) in [5, 5.41) is 3.56. The molecule has 1 N–H and O–H groups in total. The highest BCUT2D eigenvalue weighted by Crippen LogP contribution is 2.13. The molecule has 0 aliphatic carbocycles. The molecule has 0 bridgehead atoms. The van der Waals surface area contributed by atoms with Crippen LogP contribution in [0.4, 0.5) is 5.82 Å². The standard InChI is InChI=1S/C22H21ClN2O2/c1-16-4-2-3-5-19(16)13-22(26)25-21-12-18(10-11-24-21)15-27-14-17-6-8-20(23)9-7-17/h2-12H,13-15H2,1H3,(H,24,25,26). The van der Waals surface area contributed by atoms with Gasteiger partial charge >= 0.3 is 0 Å². The number of rotatable bonds is 7. The molecule has 4 nitrogen and oxygen atoms in total. The Kier molecular flexibility index (Phi) is 6.58. The number of carbonyl (C=O) groups is 1. The first-order chi connectivity index (χ1) is 13.1. The van der Waals surface area contributed by atoms with Crippen LogP contribution in [0.25, 0.3) is 0 Å². The number of carbonyl (C=O) groups excluding carboxylic acids is 1. The number of benzene rings is 2. The molecule has 2 aromatic carbocycles. The molecule has 0 unspecified atom stereocenters. The molecule has 1 amide bonds. The summed E-state index contributed by atoms with van der Waals surface area (Å²) in [6, 6.07) is 19.1. The predicted molar refractivity (Wildman–Crippen MR) is 108 cm³/mol. The van der Waals surface area contributed by atoms with Gasteiger partial charge in [0.05, 0.1) is 19.6 Å². The molecule has 0 aliphatic rings. The monoisotopic (exact) mass is 380 g/mol. The Balaban J connectivity index is 1.53. The zero-order valence-electron chi connectivity index (χ0n) is 15.1. The normalized spacial score (nSPS) is 10.6. The van der Waals surface area contributed by atoms with E-state index in [1.165, 1.54) is 0 Å². The molecular weight excluding hydrogens is 360 g/mol. The van der Waals surface area contributed by atoms with Crippen molar-refractivity contribution in [2.45, 2.75) is 26.6 Å². The van der Waals surface area contributed by atoms with Gasteiger partial charge in [-0.1, -0.05) is 48.0 Å². The quantitative estimate of drug-likeness (QED) is 0.631. The lowest BCUT2D eigenvalue weighted by atomic mass is 10.1. The Bertz CT molecular complexity index is 910. The molecule has 0 aliphatic heterocycles. The third-order valence-corrected chi connectivity index (χ3v) is 4.41. The molecule has 0 atom stereocenters. The SMILES string of the molecule is Cc1ccccc1CC(=O)Nc1cc(COCc2ccc(Cl)cc2)ccn1. The van der Waals surface area contributed by atoms with E-state index in [2.05, 4.69) is 10.3 Å². The second-order valence-corrected chi connectivity index (χ2v) is 6.76. The van der Waals surface area contributed by atoms with Crippen molar-refractivity contribution in [3.63, 3.8) is 0 Å². The number of anilines is 1. The van der Waals surface area contributed by atoms with Crippen molar-refractivity contribution >= 4 is 23.3 Å². The fourth-order valence-electron chi connectivity index (χ4n) is 2.67. The minimum Gasteiger partial charge on any atom is -0.372 e. The van der Waals surface area contributed by atoms with Crippen LogP contribution in [-0.2, 0) is 29.2 Å². The average Bonchev–Trinajstić information content (AvgIpc) is 2.65. The zero-order chi connectivity index (χ0) is 19.1. The Morgan fingerprint density at radius 1 is 1.04 bits per heavy atom. The molecular formula is C22H21ClN2O2. The summed E-state index contributed by atoms with van der Waals surface area (Å²) < 4.78 is 5.73. The second kappa shape index (κ2) is 9.31. The van der Waals surface area contributed by atoms with Crippen LogP contribution in [0.15, 0.2) is 66.9 Å². The van der Waals surface area contributed by atoms with Crippen molar-refractivity contribution in [1.82, 2.24) is 4.98 Å². The number of amides is 1. The Hall–Kier alpha value is -2.69. The van der Waals surface area contributed by atoms with E-state index < -0.39 is 0 Å². The van der Waals surface area contributed by atoms with Gasteiger partial charge in [0.2, 0.25) is 5.91 Å². The molecule has 0 saturated heterocycles. The molecule has 3 rings (SSSR count). The number of pyridine rings is 1. The van der Waals surface area contributed by atoms with Gasteiger partial charge in [0.15, 0.2) is 0 Å². The van der Waals surface area contributed by atoms with E-state index in [1.54, 1.807) is 6.20 Å². The van der Waals surface area contributed by atoms with Crippen molar-refractivity contribution < 1.29 is 9.53 Å². The summed E-state index contributed by atoms with van der Waals surface area (Å²) in [4.78, 5) is 16.5. The van der Waals surface area contributed by atoms with Gasteiger partial charge in [0, 0.05) is 11.2 Å². The summed E-state index contributed by atoms with van der Waals surface area (Å²) in [7, 11) is 0. The minimum atomic E-state index is -0.0870. The maximum Gasteiger partial charge on any atom is 0.229 e. The zero-order valence-corrected chi connectivity index (χ0v) is 15.9. The summed E-state index contributed by atoms with van der Waals surface area (Å²) >= 11 is 5.88. The van der Waals surface area contributed by atoms with Crippen molar-refractivity contribution in [3.05, 3.63) is 94.1 Å². The van der Waals surface area contributed by atoms with Gasteiger partial charge in [-0.3, -0.25) is 4.79 Å². The van der Waals surface area contributed by atoms with Crippen molar-refractivity contribution in [2.24, 2.45) is 0 Å². The van der Waals surface area contributed by atoms with Gasteiger partial charge in [-0.15, -0.1) is 0 Å². The van der Waals surface area contributed by atoms with E-state index in [1.807, 2.05) is 67.6 Å². The van der Waals surface area contributed by atoms with E-state index >= 15 is 0 Å².